The molecule has 3 N–H and O–H groups in total. The van der Waals surface area contributed by atoms with Crippen molar-refractivity contribution in [3.63, 3.8) is 0 Å². The van der Waals surface area contributed by atoms with Crippen molar-refractivity contribution in [2.24, 2.45) is 0 Å². The van der Waals surface area contributed by atoms with Gasteiger partial charge in [-0.3, -0.25) is 9.59 Å². The Balaban J connectivity index is 3.41. The van der Waals surface area contributed by atoms with Crippen LogP contribution < -0.4 is 5.32 Å². The zero-order valence-corrected chi connectivity index (χ0v) is 50.5. The van der Waals surface area contributed by atoms with Crippen LogP contribution in [0.4, 0.5) is 0 Å². The molecule has 0 saturated carbocycles. The van der Waals surface area contributed by atoms with Crippen molar-refractivity contribution in [3.05, 3.63) is 36.5 Å². The van der Waals surface area contributed by atoms with Gasteiger partial charge in [-0.1, -0.05) is 326 Å². The van der Waals surface area contributed by atoms with Crippen LogP contribution in [-0.4, -0.2) is 47.4 Å². The van der Waals surface area contributed by atoms with E-state index in [0.717, 1.165) is 44.9 Å². The SMILES string of the molecule is CCCCCCCCCCCCCC/C=C/C(O)C(CO)NC(=O)CCCCCCCCCCCCC/C=C\C/C=C\CCCCCCCCCCCOC(=O)CCCCCCCCCCCCCCCCCCC. The van der Waals surface area contributed by atoms with Crippen molar-refractivity contribution >= 4 is 11.9 Å². The highest BCUT2D eigenvalue weighted by Gasteiger charge is 2.18. The molecule has 0 heterocycles. The Kier molecular flexibility index (Phi) is 63.0. The molecule has 0 radical (unpaired) electrons. The number of allylic oxidation sites excluding steroid dienone is 5. The minimum absolute atomic E-state index is 0.0145. The summed E-state index contributed by atoms with van der Waals surface area (Å²) in [5, 5.41) is 23.1. The van der Waals surface area contributed by atoms with E-state index in [1.807, 2.05) is 6.08 Å². The molecule has 0 aliphatic heterocycles. The zero-order valence-electron chi connectivity index (χ0n) is 50.5. The van der Waals surface area contributed by atoms with Gasteiger partial charge in [0.15, 0.2) is 0 Å². The van der Waals surface area contributed by atoms with Gasteiger partial charge < -0.3 is 20.3 Å². The summed E-state index contributed by atoms with van der Waals surface area (Å²) in [5.74, 6) is -0.0555. The van der Waals surface area contributed by atoms with Crippen molar-refractivity contribution in [2.75, 3.05) is 13.2 Å². The second kappa shape index (κ2) is 64.6. The van der Waals surface area contributed by atoms with Crippen LogP contribution in [-0.2, 0) is 14.3 Å². The third kappa shape index (κ3) is 61.2. The molecule has 0 saturated heterocycles. The Labute approximate surface area is 468 Å². The van der Waals surface area contributed by atoms with E-state index >= 15 is 0 Å². The van der Waals surface area contributed by atoms with Gasteiger partial charge in [-0.15, -0.1) is 0 Å². The van der Waals surface area contributed by atoms with Gasteiger partial charge in [0, 0.05) is 12.8 Å². The molecule has 0 aromatic rings. The van der Waals surface area contributed by atoms with Crippen LogP contribution in [0.2, 0.25) is 0 Å². The summed E-state index contributed by atoms with van der Waals surface area (Å²) in [6, 6.07) is -0.630. The lowest BCUT2D eigenvalue weighted by Crippen LogP contribution is -2.45. The minimum Gasteiger partial charge on any atom is -0.466 e. The molecule has 6 nitrogen and oxygen atoms in total. The molecular weight excluding hydrogens is 923 g/mol. The topological polar surface area (TPSA) is 95.9 Å². The standard InChI is InChI=1S/C69H131NO5/c1-3-5-7-9-11-13-15-17-19-31-35-39-43-47-51-55-59-63-69(74)75-64-60-56-52-48-44-40-36-33-30-28-26-24-22-20-21-23-25-27-29-32-34-38-42-46-50-54-58-62-68(73)70-66(65-71)67(72)61-57-53-49-45-41-37-18-16-14-12-10-8-6-4-2/h20-21,24,26,57,61,66-67,71-72H,3-19,22-23,25,27-56,58-60,62-65H2,1-2H3,(H,70,73)/b21-20-,26-24-,61-57+. The van der Waals surface area contributed by atoms with E-state index in [1.54, 1.807) is 6.08 Å². The lowest BCUT2D eigenvalue weighted by Gasteiger charge is -2.20. The predicted molar refractivity (Wildman–Crippen MR) is 329 cm³/mol. The molecule has 1 amide bonds. The van der Waals surface area contributed by atoms with E-state index in [2.05, 4.69) is 43.5 Å². The maximum atomic E-state index is 12.5. The molecule has 0 aliphatic carbocycles. The first kappa shape index (κ1) is 73.1. The number of esters is 1. The monoisotopic (exact) mass is 1050 g/mol. The average molecular weight is 1050 g/mol. The number of ether oxygens (including phenoxy) is 1. The highest BCUT2D eigenvalue weighted by Crippen LogP contribution is 2.18. The number of aliphatic hydroxyl groups is 2. The Morgan fingerprint density at radius 2 is 0.667 bits per heavy atom. The number of aliphatic hydroxyl groups excluding tert-OH is 2. The third-order valence-electron chi connectivity index (χ3n) is 15.7. The molecule has 75 heavy (non-hydrogen) atoms. The van der Waals surface area contributed by atoms with Gasteiger partial charge in [0.1, 0.15) is 0 Å². The van der Waals surface area contributed by atoms with Gasteiger partial charge in [0.25, 0.3) is 0 Å². The van der Waals surface area contributed by atoms with Crippen molar-refractivity contribution in [2.45, 2.75) is 379 Å². The normalized spacial score (nSPS) is 12.7. The third-order valence-corrected chi connectivity index (χ3v) is 15.7. The summed E-state index contributed by atoms with van der Waals surface area (Å²) >= 11 is 0. The smallest absolute Gasteiger partial charge is 0.305 e. The van der Waals surface area contributed by atoms with Crippen LogP contribution in [0.25, 0.3) is 0 Å². The van der Waals surface area contributed by atoms with Crippen molar-refractivity contribution < 1.29 is 24.5 Å². The highest BCUT2D eigenvalue weighted by atomic mass is 16.5. The molecule has 442 valence electrons. The van der Waals surface area contributed by atoms with Gasteiger partial charge in [-0.2, -0.15) is 0 Å². The lowest BCUT2D eigenvalue weighted by atomic mass is 10.0. The highest BCUT2D eigenvalue weighted by molar-refractivity contribution is 5.76. The fraction of sp³-hybridized carbons (Fsp3) is 0.884. The number of hydrogen-bond donors (Lipinski definition) is 3. The summed E-state index contributed by atoms with van der Waals surface area (Å²) in [7, 11) is 0. The molecule has 0 aromatic heterocycles. The maximum absolute atomic E-state index is 12.5. The summed E-state index contributed by atoms with van der Waals surface area (Å²) in [5.41, 5.74) is 0. The Bertz CT molecular complexity index is 1210. The van der Waals surface area contributed by atoms with Gasteiger partial charge in [0.2, 0.25) is 5.91 Å². The molecular formula is C69H131NO5. The fourth-order valence-electron chi connectivity index (χ4n) is 10.5. The number of nitrogens with one attached hydrogen (secondary N) is 1. The van der Waals surface area contributed by atoms with E-state index in [1.165, 1.54) is 295 Å². The summed E-state index contributed by atoms with van der Waals surface area (Å²) in [6.45, 7) is 4.92. The molecule has 0 aromatic carbocycles. The number of amides is 1. The second-order valence-electron chi connectivity index (χ2n) is 23.2. The second-order valence-corrected chi connectivity index (χ2v) is 23.2. The zero-order chi connectivity index (χ0) is 54.3. The Morgan fingerprint density at radius 3 is 1.01 bits per heavy atom. The van der Waals surface area contributed by atoms with Crippen LogP contribution in [0.3, 0.4) is 0 Å². The van der Waals surface area contributed by atoms with Crippen LogP contribution in [0.1, 0.15) is 367 Å². The lowest BCUT2D eigenvalue weighted by molar-refractivity contribution is -0.143. The van der Waals surface area contributed by atoms with Gasteiger partial charge >= 0.3 is 5.97 Å². The van der Waals surface area contributed by atoms with E-state index < -0.39 is 12.1 Å². The van der Waals surface area contributed by atoms with Crippen LogP contribution in [0.15, 0.2) is 36.5 Å². The van der Waals surface area contributed by atoms with Crippen LogP contribution in [0, 0.1) is 0 Å². The average Bonchev–Trinajstić information content (AvgIpc) is 3.41. The van der Waals surface area contributed by atoms with Crippen molar-refractivity contribution in [3.8, 4) is 0 Å². The molecule has 0 aliphatic rings. The van der Waals surface area contributed by atoms with E-state index in [4.69, 9.17) is 4.74 Å². The Morgan fingerprint density at radius 1 is 0.373 bits per heavy atom. The Hall–Kier alpha value is -1.92. The van der Waals surface area contributed by atoms with Crippen LogP contribution in [0.5, 0.6) is 0 Å². The predicted octanol–water partition coefficient (Wildman–Crippen LogP) is 21.5. The molecule has 0 fully saturated rings. The van der Waals surface area contributed by atoms with E-state index in [9.17, 15) is 19.8 Å². The quantitative estimate of drug-likeness (QED) is 0.0320. The minimum atomic E-state index is -0.846. The number of unbranched alkanes of at least 4 members (excludes halogenated alkanes) is 48. The van der Waals surface area contributed by atoms with Crippen molar-refractivity contribution in [1.29, 1.82) is 0 Å². The first-order valence-electron chi connectivity index (χ1n) is 33.8. The molecule has 2 unspecified atom stereocenters. The summed E-state index contributed by atoms with van der Waals surface area (Å²) in [6.07, 6.45) is 82.1. The maximum Gasteiger partial charge on any atom is 0.305 e. The number of hydrogen-bond acceptors (Lipinski definition) is 5. The fourth-order valence-corrected chi connectivity index (χ4v) is 10.5. The number of carbonyl (C=O) groups excluding carboxylic acids is 2. The number of rotatable bonds is 63. The first-order valence-corrected chi connectivity index (χ1v) is 33.8. The molecule has 0 rings (SSSR count). The first-order chi connectivity index (χ1) is 37.0. The van der Waals surface area contributed by atoms with Crippen molar-refractivity contribution in [1.82, 2.24) is 5.32 Å². The van der Waals surface area contributed by atoms with Gasteiger partial charge in [-0.05, 0) is 64.2 Å². The van der Waals surface area contributed by atoms with E-state index in [-0.39, 0.29) is 18.5 Å². The molecule has 0 bridgehead atoms. The molecule has 6 heteroatoms. The van der Waals surface area contributed by atoms with E-state index in [0.29, 0.717) is 19.4 Å². The molecule has 0 spiro atoms. The summed E-state index contributed by atoms with van der Waals surface area (Å²) in [4.78, 5) is 24.6. The molecule has 2 atom stereocenters. The number of carbonyl (C=O) groups is 2. The van der Waals surface area contributed by atoms with Gasteiger partial charge in [0.05, 0.1) is 25.4 Å². The summed E-state index contributed by atoms with van der Waals surface area (Å²) < 4.78 is 5.50. The largest absolute Gasteiger partial charge is 0.466 e. The van der Waals surface area contributed by atoms with Crippen LogP contribution >= 0.6 is 0 Å². The van der Waals surface area contributed by atoms with Gasteiger partial charge in [-0.25, -0.2) is 0 Å².